The second-order valence-electron chi connectivity index (χ2n) is 7.75. The van der Waals surface area contributed by atoms with Gasteiger partial charge in [-0.25, -0.2) is 0 Å². The zero-order valence-corrected chi connectivity index (χ0v) is 17.8. The first-order valence-corrected chi connectivity index (χ1v) is 10.5. The number of carbonyl (C=O) groups is 3. The highest BCUT2D eigenvalue weighted by Crippen LogP contribution is 2.32. The van der Waals surface area contributed by atoms with Crippen LogP contribution in [0.5, 0.6) is 0 Å². The van der Waals surface area contributed by atoms with Gasteiger partial charge in [-0.3, -0.25) is 34.5 Å². The van der Waals surface area contributed by atoms with Crippen LogP contribution in [0.3, 0.4) is 0 Å². The largest absolute Gasteiger partial charge is 0.336 e. The van der Waals surface area contributed by atoms with Crippen LogP contribution in [0, 0.1) is 10.1 Å². The minimum absolute atomic E-state index is 0.0669. The SMILES string of the molecule is O=C(CN1C(=O)c2cccc([N+](=O)[O-])c2C1=O)N1CCc2[nH]nc(-c3ccc(Cl)cc3)c2C1. The highest BCUT2D eigenvalue weighted by molar-refractivity contribution is 6.30. The van der Waals surface area contributed by atoms with Crippen LogP contribution in [0.4, 0.5) is 5.69 Å². The molecule has 0 fully saturated rings. The van der Waals surface area contributed by atoms with Gasteiger partial charge in [0.15, 0.2) is 0 Å². The van der Waals surface area contributed by atoms with Crippen molar-refractivity contribution in [1.29, 1.82) is 0 Å². The van der Waals surface area contributed by atoms with Gasteiger partial charge < -0.3 is 4.90 Å². The second-order valence-corrected chi connectivity index (χ2v) is 8.19. The lowest BCUT2D eigenvalue weighted by molar-refractivity contribution is -0.385. The zero-order chi connectivity index (χ0) is 23.3. The Hall–Kier alpha value is -4.05. The third kappa shape index (κ3) is 3.44. The van der Waals surface area contributed by atoms with Crippen molar-refractivity contribution in [1.82, 2.24) is 20.0 Å². The normalized spacial score (nSPS) is 14.9. The fourth-order valence-corrected chi connectivity index (χ4v) is 4.33. The molecule has 0 aliphatic carbocycles. The average molecular weight is 466 g/mol. The molecule has 1 N–H and O–H groups in total. The molecule has 3 heterocycles. The van der Waals surface area contributed by atoms with Gasteiger partial charge in [0.25, 0.3) is 17.5 Å². The van der Waals surface area contributed by atoms with Gasteiger partial charge in [-0.2, -0.15) is 5.10 Å². The Kier molecular flexibility index (Phi) is 4.94. The van der Waals surface area contributed by atoms with E-state index in [0.717, 1.165) is 21.7 Å². The number of nitrogens with one attached hydrogen (secondary N) is 1. The molecule has 33 heavy (non-hydrogen) atoms. The van der Waals surface area contributed by atoms with Crippen LogP contribution < -0.4 is 0 Å². The molecule has 0 atom stereocenters. The molecule has 0 unspecified atom stereocenters. The molecular formula is C22H16ClN5O5. The number of hydrogen-bond acceptors (Lipinski definition) is 6. The third-order valence-corrected chi connectivity index (χ3v) is 6.12. The van der Waals surface area contributed by atoms with E-state index in [9.17, 15) is 24.5 Å². The van der Waals surface area contributed by atoms with Crippen LogP contribution in [-0.4, -0.2) is 55.7 Å². The van der Waals surface area contributed by atoms with E-state index >= 15 is 0 Å². The summed E-state index contributed by atoms with van der Waals surface area (Å²) in [6.07, 6.45) is 0.537. The minimum Gasteiger partial charge on any atom is -0.336 e. The maximum Gasteiger partial charge on any atom is 0.282 e. The number of amides is 3. The van der Waals surface area contributed by atoms with E-state index in [0.29, 0.717) is 23.7 Å². The Morgan fingerprint density at radius 1 is 1.15 bits per heavy atom. The Morgan fingerprint density at radius 3 is 2.64 bits per heavy atom. The van der Waals surface area contributed by atoms with E-state index in [4.69, 9.17) is 11.6 Å². The summed E-state index contributed by atoms with van der Waals surface area (Å²) in [5.74, 6) is -1.98. The Bertz CT molecular complexity index is 1330. The molecule has 0 saturated heterocycles. The molecule has 11 heteroatoms. The summed E-state index contributed by atoms with van der Waals surface area (Å²) in [6, 6.07) is 11.0. The molecule has 10 nitrogen and oxygen atoms in total. The van der Waals surface area contributed by atoms with Crippen molar-refractivity contribution in [2.24, 2.45) is 0 Å². The van der Waals surface area contributed by atoms with Crippen LogP contribution in [-0.2, 0) is 17.8 Å². The summed E-state index contributed by atoms with van der Waals surface area (Å²) in [4.78, 5) is 51.4. The Balaban J connectivity index is 1.36. The van der Waals surface area contributed by atoms with Crippen molar-refractivity contribution >= 4 is 35.0 Å². The number of fused-ring (bicyclic) bond motifs is 2. The van der Waals surface area contributed by atoms with E-state index in [2.05, 4.69) is 10.2 Å². The van der Waals surface area contributed by atoms with Gasteiger partial charge in [-0.15, -0.1) is 0 Å². The molecule has 0 bridgehead atoms. The molecule has 2 aromatic carbocycles. The lowest BCUT2D eigenvalue weighted by atomic mass is 10.0. The van der Waals surface area contributed by atoms with Gasteiger partial charge in [-0.05, 0) is 18.2 Å². The van der Waals surface area contributed by atoms with Crippen molar-refractivity contribution in [2.75, 3.05) is 13.1 Å². The highest BCUT2D eigenvalue weighted by Gasteiger charge is 2.42. The molecule has 1 aromatic heterocycles. The van der Waals surface area contributed by atoms with Crippen molar-refractivity contribution in [3.8, 4) is 11.3 Å². The molecule has 5 rings (SSSR count). The van der Waals surface area contributed by atoms with E-state index < -0.39 is 34.9 Å². The summed E-state index contributed by atoms with van der Waals surface area (Å²) >= 11 is 5.97. The predicted octanol–water partition coefficient (Wildman–Crippen LogP) is 2.82. The average Bonchev–Trinajstić information content (AvgIpc) is 3.34. The number of benzene rings is 2. The van der Waals surface area contributed by atoms with Crippen LogP contribution >= 0.6 is 11.6 Å². The summed E-state index contributed by atoms with van der Waals surface area (Å²) in [5.41, 5.74) is 2.53. The van der Waals surface area contributed by atoms with Crippen molar-refractivity contribution in [3.05, 3.63) is 80.0 Å². The number of carbonyl (C=O) groups excluding carboxylic acids is 3. The maximum absolute atomic E-state index is 13.0. The third-order valence-electron chi connectivity index (χ3n) is 5.87. The molecule has 166 valence electrons. The van der Waals surface area contributed by atoms with Crippen molar-refractivity contribution < 1.29 is 19.3 Å². The van der Waals surface area contributed by atoms with Gasteiger partial charge in [0.1, 0.15) is 12.1 Å². The number of nitro groups is 1. The van der Waals surface area contributed by atoms with Gasteiger partial charge in [0, 0.05) is 47.4 Å². The summed E-state index contributed by atoms with van der Waals surface area (Å²) < 4.78 is 0. The van der Waals surface area contributed by atoms with Crippen molar-refractivity contribution in [2.45, 2.75) is 13.0 Å². The molecule has 0 spiro atoms. The summed E-state index contributed by atoms with van der Waals surface area (Å²) in [7, 11) is 0. The molecule has 3 amide bonds. The number of aromatic nitrogens is 2. The second kappa shape index (κ2) is 7.82. The Labute approximate surface area is 191 Å². The quantitative estimate of drug-likeness (QED) is 0.358. The van der Waals surface area contributed by atoms with E-state index in [1.54, 1.807) is 17.0 Å². The van der Waals surface area contributed by atoms with E-state index in [1.165, 1.54) is 18.2 Å². The smallest absolute Gasteiger partial charge is 0.282 e. The molecule has 0 saturated carbocycles. The number of nitro benzene ring substituents is 1. The van der Waals surface area contributed by atoms with Gasteiger partial charge in [0.05, 0.1) is 16.2 Å². The van der Waals surface area contributed by atoms with Crippen LogP contribution in [0.1, 0.15) is 32.0 Å². The predicted molar refractivity (Wildman–Crippen MR) is 117 cm³/mol. The molecule has 0 radical (unpaired) electrons. The number of nitrogens with zero attached hydrogens (tertiary/aromatic N) is 4. The lowest BCUT2D eigenvalue weighted by Crippen LogP contribution is -2.44. The first-order valence-electron chi connectivity index (χ1n) is 10.1. The number of hydrogen-bond donors (Lipinski definition) is 1. The van der Waals surface area contributed by atoms with E-state index in [1.807, 2.05) is 12.1 Å². The summed E-state index contributed by atoms with van der Waals surface area (Å²) in [5, 5.41) is 19.3. The molecule has 3 aromatic rings. The van der Waals surface area contributed by atoms with Crippen LogP contribution in [0.2, 0.25) is 5.02 Å². The molecular weight excluding hydrogens is 450 g/mol. The summed E-state index contributed by atoms with van der Waals surface area (Å²) in [6.45, 7) is 0.149. The Morgan fingerprint density at radius 2 is 1.91 bits per heavy atom. The fraction of sp³-hybridized carbons (Fsp3) is 0.182. The van der Waals surface area contributed by atoms with Crippen molar-refractivity contribution in [3.63, 3.8) is 0 Å². The number of rotatable bonds is 4. The van der Waals surface area contributed by atoms with Crippen LogP contribution in [0.15, 0.2) is 42.5 Å². The number of aromatic amines is 1. The number of halogens is 1. The topological polar surface area (TPSA) is 130 Å². The van der Waals surface area contributed by atoms with Gasteiger partial charge in [0.2, 0.25) is 5.91 Å². The zero-order valence-electron chi connectivity index (χ0n) is 17.1. The van der Waals surface area contributed by atoms with Crippen LogP contribution in [0.25, 0.3) is 11.3 Å². The highest BCUT2D eigenvalue weighted by atomic mass is 35.5. The van der Waals surface area contributed by atoms with Gasteiger partial charge >= 0.3 is 0 Å². The fourth-order valence-electron chi connectivity index (χ4n) is 4.20. The maximum atomic E-state index is 13.0. The van der Waals surface area contributed by atoms with E-state index in [-0.39, 0.29) is 17.7 Å². The number of imide groups is 1. The van der Waals surface area contributed by atoms with Gasteiger partial charge in [-0.1, -0.05) is 29.8 Å². The monoisotopic (exact) mass is 465 g/mol. The number of H-pyrrole nitrogens is 1. The lowest BCUT2D eigenvalue weighted by Gasteiger charge is -2.28. The molecule has 2 aliphatic heterocycles. The minimum atomic E-state index is -0.835. The standard InChI is InChI=1S/C22H16ClN5O5/c23-13-6-4-12(5-7-13)20-15-10-26(9-8-16(15)24-25-20)18(29)11-27-21(30)14-2-1-3-17(28(32)33)19(14)22(27)31/h1-7H,8-11H2,(H,24,25). The first-order chi connectivity index (χ1) is 15.8. The molecule has 2 aliphatic rings. The first kappa shape index (κ1) is 20.8.